The number of pyridine rings is 1. The van der Waals surface area contributed by atoms with Crippen molar-refractivity contribution in [3.63, 3.8) is 0 Å². The number of hydrogen-bond acceptors (Lipinski definition) is 4. The van der Waals surface area contributed by atoms with Gasteiger partial charge in [0.25, 0.3) is 0 Å². The highest BCUT2D eigenvalue weighted by Gasteiger charge is 2.32. The van der Waals surface area contributed by atoms with Crippen LogP contribution < -0.4 is 4.72 Å². The highest BCUT2D eigenvalue weighted by atomic mass is 35.5. The normalized spacial score (nSPS) is 15.0. The Morgan fingerprint density at radius 2 is 2.26 bits per heavy atom. The van der Waals surface area contributed by atoms with Gasteiger partial charge >= 0.3 is 5.97 Å². The molecule has 0 radical (unpaired) electrons. The van der Waals surface area contributed by atoms with Crippen molar-refractivity contribution >= 4 is 28.9 Å². The van der Waals surface area contributed by atoms with E-state index in [9.17, 15) is 9.35 Å². The van der Waals surface area contributed by atoms with Gasteiger partial charge in [-0.15, -0.1) is 4.72 Å². The van der Waals surface area contributed by atoms with Crippen molar-refractivity contribution in [2.45, 2.75) is 38.0 Å². The van der Waals surface area contributed by atoms with Crippen molar-refractivity contribution in [2.24, 2.45) is 0 Å². The zero-order valence-corrected chi connectivity index (χ0v) is 12.6. The summed E-state index contributed by atoms with van der Waals surface area (Å²) in [5.74, 6) is -1.07. The first kappa shape index (κ1) is 16.2. The molecule has 19 heavy (non-hydrogen) atoms. The molecular weight excluding hydrogens is 288 g/mol. The number of aromatic nitrogens is 1. The van der Waals surface area contributed by atoms with Gasteiger partial charge in [0, 0.05) is 34.7 Å². The average Bonchev–Trinajstić information content (AvgIpc) is 2.26. The van der Waals surface area contributed by atoms with Crippen LogP contribution >= 0.6 is 11.6 Å². The monoisotopic (exact) mass is 304 g/mol. The van der Waals surface area contributed by atoms with Crippen molar-refractivity contribution in [1.29, 1.82) is 0 Å². The molecule has 1 heterocycles. The summed E-state index contributed by atoms with van der Waals surface area (Å²) in [7, 11) is 0. The van der Waals surface area contributed by atoms with Crippen molar-refractivity contribution in [2.75, 3.05) is 0 Å². The molecule has 0 aromatic carbocycles. The Bertz CT molecular complexity index is 451. The van der Waals surface area contributed by atoms with E-state index in [1.807, 2.05) is 0 Å². The van der Waals surface area contributed by atoms with Gasteiger partial charge in [0.05, 0.1) is 0 Å². The van der Waals surface area contributed by atoms with E-state index in [1.165, 1.54) is 6.20 Å². The van der Waals surface area contributed by atoms with Crippen molar-refractivity contribution in [1.82, 2.24) is 9.71 Å². The van der Waals surface area contributed by atoms with Gasteiger partial charge in [0.1, 0.15) is 4.75 Å². The first-order valence-corrected chi connectivity index (χ1v) is 7.24. The summed E-state index contributed by atoms with van der Waals surface area (Å²) < 4.78 is 14.0. The second kappa shape index (κ2) is 6.56. The second-order valence-corrected chi connectivity index (χ2v) is 7.49. The topological polar surface area (TPSA) is 85.3 Å². The minimum Gasteiger partial charge on any atom is -0.598 e. The minimum atomic E-state index is -1.46. The molecule has 2 atom stereocenters. The Morgan fingerprint density at radius 3 is 2.74 bits per heavy atom. The number of nitrogens with one attached hydrogen (secondary N) is 1. The standard InChI is InChI=1S/C12H17ClN2O3S/c1-12(2,3)19(18)15-10(11(16)17)7-9-6-8(13)4-5-14-9/h4-6,10,15H,7H2,1-3H3,(H,16,17)/t10-,19?/m0/s1. The highest BCUT2D eigenvalue weighted by molar-refractivity contribution is 7.90. The quantitative estimate of drug-likeness (QED) is 0.810. The van der Waals surface area contributed by atoms with Crippen molar-refractivity contribution in [3.8, 4) is 0 Å². The Hall–Kier alpha value is -0.820. The van der Waals surface area contributed by atoms with Gasteiger partial charge in [0.15, 0.2) is 6.04 Å². The van der Waals surface area contributed by atoms with E-state index in [1.54, 1.807) is 32.9 Å². The largest absolute Gasteiger partial charge is 0.598 e. The van der Waals surface area contributed by atoms with E-state index in [0.717, 1.165) is 0 Å². The number of rotatable bonds is 5. The number of hydrogen-bond donors (Lipinski definition) is 2. The molecule has 0 fully saturated rings. The molecule has 106 valence electrons. The lowest BCUT2D eigenvalue weighted by molar-refractivity contribution is -0.138. The van der Waals surface area contributed by atoms with Crippen molar-refractivity contribution < 1.29 is 14.5 Å². The van der Waals surface area contributed by atoms with Crippen LogP contribution in [-0.4, -0.2) is 31.4 Å². The predicted molar refractivity (Wildman–Crippen MR) is 75.4 cm³/mol. The molecule has 0 aliphatic carbocycles. The molecule has 0 aliphatic rings. The van der Waals surface area contributed by atoms with Gasteiger partial charge in [-0.05, 0) is 32.9 Å². The zero-order chi connectivity index (χ0) is 14.6. The number of nitrogens with zero attached hydrogens (tertiary/aromatic N) is 1. The van der Waals surface area contributed by atoms with Crippen LogP contribution in [-0.2, 0) is 22.6 Å². The van der Waals surface area contributed by atoms with Crippen LogP contribution in [0.5, 0.6) is 0 Å². The van der Waals surface area contributed by atoms with Crippen LogP contribution in [0.2, 0.25) is 5.02 Å². The summed E-state index contributed by atoms with van der Waals surface area (Å²) in [4.78, 5) is 15.2. The van der Waals surface area contributed by atoms with Gasteiger partial charge in [-0.1, -0.05) is 11.6 Å². The molecule has 0 saturated carbocycles. The zero-order valence-electron chi connectivity index (χ0n) is 11.0. The SMILES string of the molecule is CC(C)(C)[S+]([O-])N[C@@H](Cc1cc(Cl)ccn1)C(=O)O. The maximum absolute atomic E-state index is 11.9. The lowest BCUT2D eigenvalue weighted by Crippen LogP contribution is -2.48. The Morgan fingerprint density at radius 1 is 1.63 bits per heavy atom. The first-order chi connectivity index (χ1) is 8.70. The van der Waals surface area contributed by atoms with Gasteiger partial charge in [0.2, 0.25) is 0 Å². The molecule has 0 saturated heterocycles. The van der Waals surface area contributed by atoms with Crippen LogP contribution in [0.4, 0.5) is 0 Å². The third kappa shape index (κ3) is 5.36. The van der Waals surface area contributed by atoms with Gasteiger partial charge in [-0.25, -0.2) is 0 Å². The van der Waals surface area contributed by atoms with E-state index in [4.69, 9.17) is 16.7 Å². The second-order valence-electron chi connectivity index (χ2n) is 5.06. The molecule has 0 amide bonds. The Balaban J connectivity index is 2.77. The molecule has 0 spiro atoms. The minimum absolute atomic E-state index is 0.123. The lowest BCUT2D eigenvalue weighted by atomic mass is 10.1. The molecule has 2 N–H and O–H groups in total. The number of carbonyl (C=O) groups is 1. The molecule has 1 aromatic heterocycles. The molecule has 1 aromatic rings. The van der Waals surface area contributed by atoms with Crippen LogP contribution in [0.1, 0.15) is 26.5 Å². The van der Waals surface area contributed by atoms with Gasteiger partial charge in [-0.3, -0.25) is 9.78 Å². The fourth-order valence-electron chi connectivity index (χ4n) is 1.25. The number of carboxylic acids is 1. The molecule has 0 aliphatic heterocycles. The van der Waals surface area contributed by atoms with E-state index >= 15 is 0 Å². The number of halogens is 1. The summed E-state index contributed by atoms with van der Waals surface area (Å²) in [6.45, 7) is 5.31. The predicted octanol–water partition coefficient (Wildman–Crippen LogP) is 1.78. The van der Waals surface area contributed by atoms with E-state index in [-0.39, 0.29) is 6.42 Å². The molecule has 1 unspecified atom stereocenters. The maximum atomic E-state index is 11.9. The third-order valence-corrected chi connectivity index (χ3v) is 4.14. The van der Waals surface area contributed by atoms with E-state index < -0.39 is 28.1 Å². The van der Waals surface area contributed by atoms with Crippen molar-refractivity contribution in [3.05, 3.63) is 29.0 Å². The van der Waals surface area contributed by atoms with Crippen LogP contribution in [0.15, 0.2) is 18.3 Å². The third-order valence-electron chi connectivity index (χ3n) is 2.30. The van der Waals surface area contributed by atoms with Crippen LogP contribution in [0, 0.1) is 0 Å². The molecule has 5 nitrogen and oxygen atoms in total. The highest BCUT2D eigenvalue weighted by Crippen LogP contribution is 2.15. The molecule has 7 heteroatoms. The summed E-state index contributed by atoms with van der Waals surface area (Å²) in [6.07, 6.45) is 1.63. The summed E-state index contributed by atoms with van der Waals surface area (Å²) in [5.41, 5.74) is 0.540. The molecule has 0 bridgehead atoms. The van der Waals surface area contributed by atoms with E-state index in [0.29, 0.717) is 10.7 Å². The number of carboxylic acid groups (broad SMARTS) is 1. The average molecular weight is 305 g/mol. The Labute approximate surface area is 120 Å². The fourth-order valence-corrected chi connectivity index (χ4v) is 2.23. The Kier molecular flexibility index (Phi) is 5.61. The van der Waals surface area contributed by atoms with Gasteiger partial charge in [-0.2, -0.15) is 0 Å². The van der Waals surface area contributed by atoms with Gasteiger partial charge < -0.3 is 9.66 Å². The summed E-state index contributed by atoms with van der Waals surface area (Å²) in [6, 6.07) is 2.24. The lowest BCUT2D eigenvalue weighted by Gasteiger charge is -2.26. The maximum Gasteiger partial charge on any atom is 0.325 e. The smallest absolute Gasteiger partial charge is 0.325 e. The van der Waals surface area contributed by atoms with Crippen LogP contribution in [0.3, 0.4) is 0 Å². The summed E-state index contributed by atoms with van der Waals surface area (Å²) >= 11 is 4.36. The van der Waals surface area contributed by atoms with Crippen LogP contribution in [0.25, 0.3) is 0 Å². The molecular formula is C12H17ClN2O3S. The number of aliphatic carboxylic acids is 1. The fraction of sp³-hybridized carbons (Fsp3) is 0.500. The summed E-state index contributed by atoms with van der Waals surface area (Å²) in [5, 5.41) is 9.65. The van der Waals surface area contributed by atoms with E-state index in [2.05, 4.69) is 9.71 Å². The molecule has 1 rings (SSSR count). The first-order valence-electron chi connectivity index (χ1n) is 5.71.